The Morgan fingerprint density at radius 1 is 1.08 bits per heavy atom. The first-order valence-corrected chi connectivity index (χ1v) is 12.0. The number of thiazole rings is 1. The average molecular weight is 524 g/mol. The zero-order valence-electron chi connectivity index (χ0n) is 18.3. The van der Waals surface area contributed by atoms with E-state index in [9.17, 15) is 19.1 Å². The highest BCUT2D eigenvalue weighted by atomic mass is 35.5. The topological polar surface area (TPSA) is 102 Å². The molecule has 36 heavy (non-hydrogen) atoms. The number of anilines is 1. The Bertz CT molecular complexity index is 1550. The fraction of sp³-hybridized carbons (Fsp3) is 0.120. The Balaban J connectivity index is 1.53. The number of fused-ring (bicyclic) bond motifs is 2. The smallest absolute Gasteiger partial charge is 0.301 e. The summed E-state index contributed by atoms with van der Waals surface area (Å²) in [5, 5.41) is 11.4. The quantitative estimate of drug-likeness (QED) is 0.232. The van der Waals surface area contributed by atoms with Gasteiger partial charge in [0.2, 0.25) is 0 Å². The van der Waals surface area contributed by atoms with E-state index in [1.165, 1.54) is 29.4 Å². The molecule has 2 aromatic heterocycles. The van der Waals surface area contributed by atoms with E-state index in [0.29, 0.717) is 40.5 Å². The summed E-state index contributed by atoms with van der Waals surface area (Å²) < 4.78 is 25.6. The van der Waals surface area contributed by atoms with Gasteiger partial charge in [0.15, 0.2) is 16.6 Å². The number of ketones is 1. The Labute approximate surface area is 212 Å². The van der Waals surface area contributed by atoms with Crippen LogP contribution >= 0.6 is 22.9 Å². The van der Waals surface area contributed by atoms with Gasteiger partial charge in [-0.05, 0) is 48.0 Å². The highest BCUT2D eigenvalue weighted by molar-refractivity contribution is 7.22. The highest BCUT2D eigenvalue weighted by Crippen LogP contribution is 2.45. The molecule has 0 aliphatic carbocycles. The van der Waals surface area contributed by atoms with Gasteiger partial charge in [-0.1, -0.05) is 22.9 Å². The summed E-state index contributed by atoms with van der Waals surface area (Å²) in [6, 6.07) is 9.65. The van der Waals surface area contributed by atoms with Crippen LogP contribution in [0.15, 0.2) is 60.4 Å². The molecule has 4 heterocycles. The second kappa shape index (κ2) is 8.58. The summed E-state index contributed by atoms with van der Waals surface area (Å²) in [5.41, 5.74) is 1.08. The van der Waals surface area contributed by atoms with Gasteiger partial charge in [0.05, 0.1) is 26.9 Å². The van der Waals surface area contributed by atoms with Gasteiger partial charge in [-0.2, -0.15) is 0 Å². The number of carbonyl (C=O) groups is 2. The fourth-order valence-electron chi connectivity index (χ4n) is 4.25. The van der Waals surface area contributed by atoms with Crippen molar-refractivity contribution in [3.63, 3.8) is 0 Å². The van der Waals surface area contributed by atoms with E-state index in [2.05, 4.69) is 9.97 Å². The number of halogens is 2. The van der Waals surface area contributed by atoms with Gasteiger partial charge in [0.25, 0.3) is 5.78 Å². The molecule has 4 aromatic rings. The summed E-state index contributed by atoms with van der Waals surface area (Å²) in [6.07, 6.45) is 3.04. The molecular formula is C25H15ClFN3O5S. The molecule has 8 nitrogen and oxygen atoms in total. The normalized spacial score (nSPS) is 18.7. The Kier molecular flexibility index (Phi) is 5.35. The number of amides is 1. The van der Waals surface area contributed by atoms with E-state index in [0.717, 1.165) is 11.3 Å². The number of aliphatic hydroxyl groups is 1. The molecule has 180 valence electrons. The number of carbonyl (C=O) groups excluding carboxylic acids is 2. The maximum atomic E-state index is 14.0. The van der Waals surface area contributed by atoms with Crippen LogP contribution in [0.4, 0.5) is 9.52 Å². The molecule has 11 heteroatoms. The molecule has 1 N–H and O–H groups in total. The zero-order valence-corrected chi connectivity index (χ0v) is 19.8. The number of Topliss-reactive ketones (excluding diaryl/α,β-unsaturated/α-hetero) is 1. The monoisotopic (exact) mass is 523 g/mol. The maximum Gasteiger partial charge on any atom is 0.301 e. The lowest BCUT2D eigenvalue weighted by Crippen LogP contribution is -2.29. The van der Waals surface area contributed by atoms with Crippen LogP contribution in [-0.2, 0) is 9.59 Å². The first kappa shape index (κ1) is 22.4. The van der Waals surface area contributed by atoms with E-state index >= 15 is 0 Å². The van der Waals surface area contributed by atoms with Crippen LogP contribution in [0.5, 0.6) is 11.5 Å². The van der Waals surface area contributed by atoms with Crippen molar-refractivity contribution in [3.05, 3.63) is 82.4 Å². The second-order valence-corrected chi connectivity index (χ2v) is 9.45. The van der Waals surface area contributed by atoms with Gasteiger partial charge >= 0.3 is 5.91 Å². The van der Waals surface area contributed by atoms with Gasteiger partial charge in [0, 0.05) is 18.0 Å². The molecule has 2 aliphatic rings. The van der Waals surface area contributed by atoms with Crippen molar-refractivity contribution in [1.29, 1.82) is 0 Å². The van der Waals surface area contributed by atoms with Gasteiger partial charge in [-0.15, -0.1) is 0 Å². The molecular weight excluding hydrogens is 509 g/mol. The van der Waals surface area contributed by atoms with Crippen molar-refractivity contribution >= 4 is 55.7 Å². The highest BCUT2D eigenvalue weighted by Gasteiger charge is 2.48. The largest absolute Gasteiger partial charge is 0.507 e. The summed E-state index contributed by atoms with van der Waals surface area (Å²) >= 11 is 6.94. The first-order valence-electron chi connectivity index (χ1n) is 10.8. The maximum absolute atomic E-state index is 14.0. The number of aliphatic hydroxyl groups excluding tert-OH is 1. The predicted octanol–water partition coefficient (Wildman–Crippen LogP) is 4.88. The number of aromatic nitrogens is 2. The molecule has 0 radical (unpaired) electrons. The molecule has 1 amide bonds. The van der Waals surface area contributed by atoms with E-state index < -0.39 is 23.5 Å². The number of hydrogen-bond donors (Lipinski definition) is 1. The van der Waals surface area contributed by atoms with Crippen molar-refractivity contribution in [3.8, 4) is 11.5 Å². The number of nitrogens with zero attached hydrogens (tertiary/aromatic N) is 3. The number of hydrogen-bond acceptors (Lipinski definition) is 8. The Morgan fingerprint density at radius 2 is 1.83 bits per heavy atom. The first-order chi connectivity index (χ1) is 17.4. The predicted molar refractivity (Wildman–Crippen MR) is 131 cm³/mol. The lowest BCUT2D eigenvalue weighted by Gasteiger charge is -2.23. The SMILES string of the molecule is O=C1C(=O)N(c2nc3cc(Cl)c(F)cc3s2)C(c2ccncc2)/C1=C(\O)c1ccc2c(c1)OCCO2. The zero-order chi connectivity index (χ0) is 25.0. The fourth-order valence-corrected chi connectivity index (χ4v) is 5.41. The van der Waals surface area contributed by atoms with Crippen molar-refractivity contribution in [2.45, 2.75) is 6.04 Å². The third-order valence-corrected chi connectivity index (χ3v) is 7.21. The van der Waals surface area contributed by atoms with Crippen molar-refractivity contribution in [2.24, 2.45) is 0 Å². The van der Waals surface area contributed by atoms with Crippen LogP contribution in [0.1, 0.15) is 17.2 Å². The number of rotatable bonds is 3. The molecule has 0 saturated carbocycles. The number of ether oxygens (including phenoxy) is 2. The lowest BCUT2D eigenvalue weighted by molar-refractivity contribution is -0.132. The molecule has 1 unspecified atom stereocenters. The molecule has 2 aliphatic heterocycles. The summed E-state index contributed by atoms with van der Waals surface area (Å²) in [5.74, 6) is -1.81. The molecule has 1 saturated heterocycles. The Hall–Kier alpha value is -4.02. The van der Waals surface area contributed by atoms with Crippen LogP contribution in [0.3, 0.4) is 0 Å². The van der Waals surface area contributed by atoms with Gasteiger partial charge < -0.3 is 14.6 Å². The average Bonchev–Trinajstić information content (AvgIpc) is 3.41. The van der Waals surface area contributed by atoms with E-state index in [-0.39, 0.29) is 27.0 Å². The van der Waals surface area contributed by atoms with Crippen molar-refractivity contribution in [1.82, 2.24) is 9.97 Å². The van der Waals surface area contributed by atoms with Crippen LogP contribution in [-0.4, -0.2) is 40.0 Å². The van der Waals surface area contributed by atoms with Crippen LogP contribution in [0, 0.1) is 5.82 Å². The number of benzene rings is 2. The minimum atomic E-state index is -0.998. The number of pyridine rings is 1. The van der Waals surface area contributed by atoms with Gasteiger partial charge in [-0.3, -0.25) is 19.5 Å². The summed E-state index contributed by atoms with van der Waals surface area (Å²) in [4.78, 5) is 36.3. The van der Waals surface area contributed by atoms with E-state index in [1.54, 1.807) is 30.3 Å². The minimum absolute atomic E-state index is 0.106. The van der Waals surface area contributed by atoms with Crippen LogP contribution in [0.2, 0.25) is 5.02 Å². The third-order valence-electron chi connectivity index (χ3n) is 5.91. The standard InChI is InChI=1S/C25H15ClFN3O5S/c26-14-10-16-19(11-15(14)27)36-25(29-16)30-21(12-3-5-28-6-4-12)20(23(32)24(30)33)22(31)13-1-2-17-18(9-13)35-8-7-34-17/h1-6,9-11,21,31H,7-8H2/b22-20+. The third kappa shape index (κ3) is 3.57. The minimum Gasteiger partial charge on any atom is -0.507 e. The molecule has 1 fully saturated rings. The van der Waals surface area contributed by atoms with Crippen molar-refractivity contribution in [2.75, 3.05) is 18.1 Å². The molecule has 0 bridgehead atoms. The van der Waals surface area contributed by atoms with Gasteiger partial charge in [-0.25, -0.2) is 9.37 Å². The molecule has 0 spiro atoms. The molecule has 1 atom stereocenters. The van der Waals surface area contributed by atoms with Crippen molar-refractivity contribution < 1.29 is 28.6 Å². The molecule has 2 aromatic carbocycles. The van der Waals surface area contributed by atoms with E-state index in [4.69, 9.17) is 21.1 Å². The summed E-state index contributed by atoms with van der Waals surface area (Å²) in [7, 11) is 0. The summed E-state index contributed by atoms with van der Waals surface area (Å²) in [6.45, 7) is 0.754. The van der Waals surface area contributed by atoms with Crippen LogP contribution in [0.25, 0.3) is 16.0 Å². The Morgan fingerprint density at radius 3 is 2.61 bits per heavy atom. The van der Waals surface area contributed by atoms with E-state index in [1.807, 2.05) is 0 Å². The second-order valence-electron chi connectivity index (χ2n) is 8.04. The van der Waals surface area contributed by atoms with Gasteiger partial charge in [0.1, 0.15) is 24.8 Å². The molecule has 6 rings (SSSR count). The lowest BCUT2D eigenvalue weighted by atomic mass is 9.96. The van der Waals surface area contributed by atoms with Crippen LogP contribution < -0.4 is 14.4 Å².